The van der Waals surface area contributed by atoms with Gasteiger partial charge >= 0.3 is 11.9 Å². The number of halogens is 1. The van der Waals surface area contributed by atoms with E-state index in [-0.39, 0.29) is 12.2 Å². The summed E-state index contributed by atoms with van der Waals surface area (Å²) in [5.41, 5.74) is 1.86. The summed E-state index contributed by atoms with van der Waals surface area (Å²) in [5, 5.41) is 2.32. The highest BCUT2D eigenvalue weighted by Crippen LogP contribution is 2.41. The Morgan fingerprint density at radius 1 is 0.824 bits per heavy atom. The topological polar surface area (TPSA) is 65.7 Å². The zero-order chi connectivity index (χ0) is 23.7. The number of carbonyl (C=O) groups is 2. The molecule has 0 atom stereocenters. The van der Waals surface area contributed by atoms with Gasteiger partial charge in [0.1, 0.15) is 22.7 Å². The van der Waals surface area contributed by atoms with Crippen LogP contribution in [0.2, 0.25) is 5.02 Å². The van der Waals surface area contributed by atoms with Gasteiger partial charge in [-0.3, -0.25) is 0 Å². The fourth-order valence-corrected chi connectivity index (χ4v) is 4.13. The second kappa shape index (κ2) is 9.04. The van der Waals surface area contributed by atoms with Gasteiger partial charge in [0.2, 0.25) is 0 Å². The molecule has 0 fully saturated rings. The minimum Gasteiger partial charge on any atom is -0.462 e. The molecule has 0 spiro atoms. The largest absolute Gasteiger partial charge is 0.462 e. The molecule has 0 aliphatic heterocycles. The molecule has 0 amide bonds. The maximum atomic E-state index is 13.0. The quantitative estimate of drug-likeness (QED) is 0.199. The lowest BCUT2D eigenvalue weighted by Gasteiger charge is -2.09. The van der Waals surface area contributed by atoms with Crippen molar-refractivity contribution in [3.05, 3.63) is 101 Å². The van der Waals surface area contributed by atoms with Gasteiger partial charge in [-0.25, -0.2) is 9.59 Å². The highest BCUT2D eigenvalue weighted by molar-refractivity contribution is 6.31. The number of ether oxygens (including phenoxy) is 2. The number of fused-ring (bicyclic) bond motifs is 3. The number of carbonyl (C=O) groups excluding carboxylic acids is 2. The second-order valence-electron chi connectivity index (χ2n) is 7.59. The van der Waals surface area contributed by atoms with Gasteiger partial charge in [0.15, 0.2) is 0 Å². The Labute approximate surface area is 200 Å². The first-order valence-electron chi connectivity index (χ1n) is 10.8. The van der Waals surface area contributed by atoms with Crippen LogP contribution in [0.5, 0.6) is 5.75 Å². The first-order valence-corrected chi connectivity index (χ1v) is 11.1. The molecular formula is C28H19ClO5. The zero-order valence-electron chi connectivity index (χ0n) is 18.2. The van der Waals surface area contributed by atoms with Crippen molar-refractivity contribution in [3.63, 3.8) is 0 Å². The average Bonchev–Trinajstić information content (AvgIpc) is 3.24. The average molecular weight is 471 g/mol. The van der Waals surface area contributed by atoms with Crippen LogP contribution in [-0.4, -0.2) is 18.5 Å². The van der Waals surface area contributed by atoms with Crippen LogP contribution < -0.4 is 4.74 Å². The third kappa shape index (κ3) is 3.91. The van der Waals surface area contributed by atoms with Gasteiger partial charge in [0, 0.05) is 26.7 Å². The Balaban J connectivity index is 1.74. The van der Waals surface area contributed by atoms with Crippen molar-refractivity contribution in [3.8, 4) is 17.1 Å². The Bertz CT molecular complexity index is 1540. The van der Waals surface area contributed by atoms with Gasteiger partial charge in [-0.1, -0.05) is 72.3 Å². The number of hydrogen-bond donors (Lipinski definition) is 0. The molecule has 0 unspecified atom stereocenters. The van der Waals surface area contributed by atoms with Gasteiger partial charge in [-0.05, 0) is 31.2 Å². The highest BCUT2D eigenvalue weighted by atomic mass is 35.5. The summed E-state index contributed by atoms with van der Waals surface area (Å²) < 4.78 is 17.4. The van der Waals surface area contributed by atoms with Crippen molar-refractivity contribution in [2.75, 3.05) is 6.61 Å². The van der Waals surface area contributed by atoms with E-state index in [2.05, 4.69) is 0 Å². The molecule has 0 bridgehead atoms. The maximum absolute atomic E-state index is 13.0. The third-order valence-electron chi connectivity index (χ3n) is 5.44. The van der Waals surface area contributed by atoms with Crippen LogP contribution in [0.1, 0.15) is 27.6 Å². The van der Waals surface area contributed by atoms with Crippen LogP contribution in [0.3, 0.4) is 0 Å². The zero-order valence-corrected chi connectivity index (χ0v) is 19.0. The molecule has 0 aliphatic rings. The molecule has 5 nitrogen and oxygen atoms in total. The van der Waals surface area contributed by atoms with E-state index in [4.69, 9.17) is 25.5 Å². The van der Waals surface area contributed by atoms with E-state index in [1.54, 1.807) is 37.3 Å². The van der Waals surface area contributed by atoms with Crippen molar-refractivity contribution < 1.29 is 23.5 Å². The van der Waals surface area contributed by atoms with Crippen molar-refractivity contribution in [2.24, 2.45) is 0 Å². The van der Waals surface area contributed by atoms with E-state index in [1.165, 1.54) is 0 Å². The number of benzene rings is 4. The Morgan fingerprint density at radius 2 is 1.56 bits per heavy atom. The van der Waals surface area contributed by atoms with Gasteiger partial charge in [0.05, 0.1) is 12.2 Å². The lowest BCUT2D eigenvalue weighted by molar-refractivity contribution is 0.0528. The van der Waals surface area contributed by atoms with Crippen molar-refractivity contribution in [1.29, 1.82) is 0 Å². The lowest BCUT2D eigenvalue weighted by atomic mass is 10.0. The molecule has 34 heavy (non-hydrogen) atoms. The van der Waals surface area contributed by atoms with Crippen LogP contribution in [-0.2, 0) is 4.74 Å². The van der Waals surface area contributed by atoms with E-state index in [1.807, 2.05) is 54.6 Å². The van der Waals surface area contributed by atoms with Gasteiger partial charge in [-0.15, -0.1) is 0 Å². The molecule has 0 N–H and O–H groups in total. The van der Waals surface area contributed by atoms with Gasteiger partial charge in [0.25, 0.3) is 0 Å². The van der Waals surface area contributed by atoms with Crippen LogP contribution in [0.4, 0.5) is 0 Å². The Morgan fingerprint density at radius 3 is 2.29 bits per heavy atom. The SMILES string of the molecule is CCOC(=O)c1c(-c2ccccc2)oc2c1cc(OC(=O)c1cccc(Cl)c1)c1ccccc12. The van der Waals surface area contributed by atoms with E-state index in [0.717, 1.165) is 5.56 Å². The third-order valence-corrected chi connectivity index (χ3v) is 5.67. The monoisotopic (exact) mass is 470 g/mol. The van der Waals surface area contributed by atoms with Gasteiger partial charge in [-0.2, -0.15) is 0 Å². The molecule has 0 saturated carbocycles. The summed E-state index contributed by atoms with van der Waals surface area (Å²) in [6.07, 6.45) is 0. The van der Waals surface area contributed by atoms with E-state index < -0.39 is 11.9 Å². The molecular weight excluding hydrogens is 452 g/mol. The Hall–Kier alpha value is -4.09. The number of furan rings is 1. The molecule has 1 heterocycles. The summed E-state index contributed by atoms with van der Waals surface area (Å²) >= 11 is 6.04. The van der Waals surface area contributed by atoms with Crippen molar-refractivity contribution >= 4 is 45.3 Å². The van der Waals surface area contributed by atoms with Crippen molar-refractivity contribution in [2.45, 2.75) is 6.92 Å². The molecule has 5 rings (SSSR count). The highest BCUT2D eigenvalue weighted by Gasteiger charge is 2.26. The molecule has 0 aliphatic carbocycles. The summed E-state index contributed by atoms with van der Waals surface area (Å²) in [4.78, 5) is 25.9. The standard InChI is InChI=1S/C28H19ClO5/c1-2-32-28(31)24-22-16-23(33-27(30)18-11-8-12-19(29)15-18)20-13-6-7-14-21(20)26(22)34-25(24)17-9-4-3-5-10-17/h3-16H,2H2,1H3. The predicted molar refractivity (Wildman–Crippen MR) is 132 cm³/mol. The van der Waals surface area contributed by atoms with Crippen LogP contribution in [0.25, 0.3) is 33.1 Å². The predicted octanol–water partition coefficient (Wildman–Crippen LogP) is 7.30. The minimum atomic E-state index is -0.559. The van der Waals surface area contributed by atoms with E-state index in [9.17, 15) is 9.59 Å². The Kier molecular flexibility index (Phi) is 5.78. The van der Waals surface area contributed by atoms with Crippen LogP contribution >= 0.6 is 11.6 Å². The van der Waals surface area contributed by atoms with Gasteiger partial charge < -0.3 is 13.9 Å². The summed E-state index contributed by atoms with van der Waals surface area (Å²) in [6, 6.07) is 24.9. The normalized spacial score (nSPS) is 11.0. The minimum absolute atomic E-state index is 0.212. The smallest absolute Gasteiger partial charge is 0.343 e. The van der Waals surface area contributed by atoms with E-state index in [0.29, 0.717) is 43.8 Å². The molecule has 168 valence electrons. The van der Waals surface area contributed by atoms with E-state index >= 15 is 0 Å². The van der Waals surface area contributed by atoms with Crippen LogP contribution in [0.15, 0.2) is 89.3 Å². The van der Waals surface area contributed by atoms with Crippen LogP contribution in [0, 0.1) is 0 Å². The van der Waals surface area contributed by atoms with Crippen molar-refractivity contribution in [1.82, 2.24) is 0 Å². The molecule has 5 aromatic rings. The molecule has 4 aromatic carbocycles. The molecule has 0 radical (unpaired) electrons. The summed E-state index contributed by atoms with van der Waals surface area (Å²) in [6.45, 7) is 1.96. The summed E-state index contributed by atoms with van der Waals surface area (Å²) in [5.74, 6) is -0.365. The maximum Gasteiger partial charge on any atom is 0.343 e. The lowest BCUT2D eigenvalue weighted by Crippen LogP contribution is -2.09. The number of rotatable bonds is 5. The first kappa shape index (κ1) is 21.7. The molecule has 1 aromatic heterocycles. The number of esters is 2. The molecule has 6 heteroatoms. The molecule has 0 saturated heterocycles. The fourth-order valence-electron chi connectivity index (χ4n) is 3.94. The number of hydrogen-bond acceptors (Lipinski definition) is 5. The fraction of sp³-hybridized carbons (Fsp3) is 0.0714. The second-order valence-corrected chi connectivity index (χ2v) is 8.03. The summed E-state index contributed by atoms with van der Waals surface area (Å²) in [7, 11) is 0. The first-order chi connectivity index (χ1) is 16.6.